The SMILES string of the molecule is COc1ccc(N(C)C(=O)[C@@H]2C[C@H]2c2ccc3cn[nH]c3c2)cc1. The van der Waals surface area contributed by atoms with Gasteiger partial charge in [0.2, 0.25) is 5.91 Å². The molecule has 1 fully saturated rings. The van der Waals surface area contributed by atoms with E-state index in [4.69, 9.17) is 4.74 Å². The quantitative estimate of drug-likeness (QED) is 0.802. The molecule has 1 amide bonds. The van der Waals surface area contributed by atoms with E-state index in [1.54, 1.807) is 12.0 Å². The second-order valence-electron chi connectivity index (χ2n) is 6.26. The molecule has 1 saturated carbocycles. The summed E-state index contributed by atoms with van der Waals surface area (Å²) < 4.78 is 5.16. The number of benzene rings is 2. The molecule has 0 unspecified atom stereocenters. The first kappa shape index (κ1) is 14.8. The molecule has 0 spiro atoms. The molecule has 2 atom stereocenters. The summed E-state index contributed by atoms with van der Waals surface area (Å²) in [6, 6.07) is 13.8. The first-order chi connectivity index (χ1) is 11.7. The molecule has 0 aliphatic heterocycles. The minimum Gasteiger partial charge on any atom is -0.497 e. The standard InChI is InChI=1S/C19H19N3O2/c1-22(14-5-7-15(24-2)8-6-14)19(23)17-10-16(17)12-3-4-13-11-20-21-18(13)9-12/h3-9,11,16-17H,10H2,1-2H3,(H,20,21)/t16-,17+/m0/s1. The number of hydrogen-bond donors (Lipinski definition) is 1. The van der Waals surface area contributed by atoms with Crippen LogP contribution in [0.2, 0.25) is 0 Å². The van der Waals surface area contributed by atoms with E-state index in [-0.39, 0.29) is 11.8 Å². The lowest BCUT2D eigenvalue weighted by Crippen LogP contribution is -2.28. The smallest absolute Gasteiger partial charge is 0.230 e. The lowest BCUT2D eigenvalue weighted by molar-refractivity contribution is -0.119. The molecule has 3 aromatic rings. The Morgan fingerprint density at radius 1 is 1.25 bits per heavy atom. The molecule has 122 valence electrons. The van der Waals surface area contributed by atoms with Crippen LogP contribution in [0.5, 0.6) is 5.75 Å². The number of rotatable bonds is 4. The van der Waals surface area contributed by atoms with Crippen molar-refractivity contribution in [2.45, 2.75) is 12.3 Å². The third kappa shape index (κ3) is 2.52. The number of aromatic nitrogens is 2. The Hall–Kier alpha value is -2.82. The van der Waals surface area contributed by atoms with Crippen molar-refractivity contribution in [2.75, 3.05) is 19.1 Å². The summed E-state index contributed by atoms with van der Waals surface area (Å²) in [4.78, 5) is 14.5. The number of H-pyrrole nitrogens is 1. The van der Waals surface area contributed by atoms with Crippen LogP contribution in [0.3, 0.4) is 0 Å². The maximum absolute atomic E-state index is 12.7. The monoisotopic (exact) mass is 321 g/mol. The maximum atomic E-state index is 12.7. The van der Waals surface area contributed by atoms with Crippen LogP contribution in [0, 0.1) is 5.92 Å². The highest BCUT2D eigenvalue weighted by atomic mass is 16.5. The summed E-state index contributed by atoms with van der Waals surface area (Å²) in [5.74, 6) is 1.30. The van der Waals surface area contributed by atoms with Crippen LogP contribution in [0.25, 0.3) is 10.9 Å². The van der Waals surface area contributed by atoms with Gasteiger partial charge in [0.15, 0.2) is 0 Å². The summed E-state index contributed by atoms with van der Waals surface area (Å²) in [6.45, 7) is 0. The van der Waals surface area contributed by atoms with Gasteiger partial charge in [-0.05, 0) is 48.2 Å². The van der Waals surface area contributed by atoms with E-state index in [1.807, 2.05) is 37.5 Å². The molecule has 4 rings (SSSR count). The Kier molecular flexibility index (Phi) is 3.49. The molecule has 2 aromatic carbocycles. The van der Waals surface area contributed by atoms with Crippen molar-refractivity contribution >= 4 is 22.5 Å². The van der Waals surface area contributed by atoms with Crippen molar-refractivity contribution in [2.24, 2.45) is 5.92 Å². The van der Waals surface area contributed by atoms with Gasteiger partial charge < -0.3 is 9.64 Å². The first-order valence-corrected chi connectivity index (χ1v) is 8.02. The van der Waals surface area contributed by atoms with Gasteiger partial charge in [-0.15, -0.1) is 0 Å². The molecule has 0 radical (unpaired) electrons. The summed E-state index contributed by atoms with van der Waals surface area (Å²) in [6.07, 6.45) is 2.71. The highest BCUT2D eigenvalue weighted by Crippen LogP contribution is 2.49. The predicted octanol–water partition coefficient (Wildman–Crippen LogP) is 3.34. The summed E-state index contributed by atoms with van der Waals surface area (Å²) >= 11 is 0. The highest BCUT2D eigenvalue weighted by molar-refractivity contribution is 5.97. The van der Waals surface area contributed by atoms with E-state index in [0.29, 0.717) is 5.92 Å². The summed E-state index contributed by atoms with van der Waals surface area (Å²) in [5.41, 5.74) is 3.11. The summed E-state index contributed by atoms with van der Waals surface area (Å²) in [7, 11) is 3.47. The molecular weight excluding hydrogens is 302 g/mol. The van der Waals surface area contributed by atoms with E-state index < -0.39 is 0 Å². The largest absolute Gasteiger partial charge is 0.497 e. The number of carbonyl (C=O) groups excluding carboxylic acids is 1. The average Bonchev–Trinajstić information content (AvgIpc) is 3.29. The van der Waals surface area contributed by atoms with Gasteiger partial charge in [-0.25, -0.2) is 0 Å². The van der Waals surface area contributed by atoms with Crippen molar-refractivity contribution in [3.8, 4) is 5.75 Å². The zero-order valence-electron chi connectivity index (χ0n) is 13.7. The third-order valence-electron chi connectivity index (χ3n) is 4.79. The van der Waals surface area contributed by atoms with Crippen molar-refractivity contribution in [1.82, 2.24) is 10.2 Å². The summed E-state index contributed by atoms with van der Waals surface area (Å²) in [5, 5.41) is 8.13. The van der Waals surface area contributed by atoms with Gasteiger partial charge in [-0.1, -0.05) is 12.1 Å². The van der Waals surface area contributed by atoms with Gasteiger partial charge in [-0.2, -0.15) is 5.10 Å². The van der Waals surface area contributed by atoms with Crippen LogP contribution in [-0.2, 0) is 4.79 Å². The Bertz CT molecular complexity index is 885. The number of nitrogens with one attached hydrogen (secondary N) is 1. The topological polar surface area (TPSA) is 58.2 Å². The van der Waals surface area contributed by atoms with Crippen molar-refractivity contribution in [1.29, 1.82) is 0 Å². The fourth-order valence-electron chi connectivity index (χ4n) is 3.20. The number of anilines is 1. The molecule has 5 heteroatoms. The number of aromatic amines is 1. The second kappa shape index (κ2) is 5.67. The van der Waals surface area contributed by atoms with E-state index in [0.717, 1.165) is 28.8 Å². The van der Waals surface area contributed by atoms with Crippen LogP contribution in [0.1, 0.15) is 17.9 Å². The molecule has 5 nitrogen and oxygen atoms in total. The van der Waals surface area contributed by atoms with E-state index in [2.05, 4.69) is 28.4 Å². The van der Waals surface area contributed by atoms with E-state index in [1.165, 1.54) is 5.56 Å². The number of amides is 1. The van der Waals surface area contributed by atoms with Gasteiger partial charge in [0.05, 0.1) is 18.8 Å². The van der Waals surface area contributed by atoms with Crippen LogP contribution < -0.4 is 9.64 Å². The van der Waals surface area contributed by atoms with Crippen LogP contribution in [0.15, 0.2) is 48.7 Å². The van der Waals surface area contributed by atoms with Crippen LogP contribution in [-0.4, -0.2) is 30.3 Å². The minimum atomic E-state index is 0.0532. The lowest BCUT2D eigenvalue weighted by atomic mass is 10.1. The number of fused-ring (bicyclic) bond motifs is 1. The molecule has 1 heterocycles. The molecule has 1 N–H and O–H groups in total. The van der Waals surface area contributed by atoms with Crippen molar-refractivity contribution < 1.29 is 9.53 Å². The highest BCUT2D eigenvalue weighted by Gasteiger charge is 2.45. The first-order valence-electron chi connectivity index (χ1n) is 8.02. The Morgan fingerprint density at radius 2 is 2.04 bits per heavy atom. The fraction of sp³-hybridized carbons (Fsp3) is 0.263. The number of carbonyl (C=O) groups is 1. The van der Waals surface area contributed by atoms with Crippen molar-refractivity contribution in [3.05, 3.63) is 54.2 Å². The molecule has 1 aromatic heterocycles. The number of nitrogens with zero attached hydrogens (tertiary/aromatic N) is 2. The molecule has 0 bridgehead atoms. The van der Waals surface area contributed by atoms with Gasteiger partial charge >= 0.3 is 0 Å². The second-order valence-corrected chi connectivity index (χ2v) is 6.26. The van der Waals surface area contributed by atoms with Crippen molar-refractivity contribution in [3.63, 3.8) is 0 Å². The molecule has 1 aliphatic carbocycles. The molecule has 24 heavy (non-hydrogen) atoms. The average molecular weight is 321 g/mol. The lowest BCUT2D eigenvalue weighted by Gasteiger charge is -2.18. The van der Waals surface area contributed by atoms with Gasteiger partial charge in [0.1, 0.15) is 5.75 Å². The van der Waals surface area contributed by atoms with E-state index in [9.17, 15) is 4.79 Å². The van der Waals surface area contributed by atoms with Gasteiger partial charge in [0, 0.05) is 24.0 Å². The van der Waals surface area contributed by atoms with Crippen LogP contribution >= 0.6 is 0 Å². The predicted molar refractivity (Wildman–Crippen MR) is 93.3 cm³/mol. The Balaban J connectivity index is 1.49. The van der Waals surface area contributed by atoms with Gasteiger partial charge in [0.25, 0.3) is 0 Å². The minimum absolute atomic E-state index is 0.0532. The fourth-order valence-corrected chi connectivity index (χ4v) is 3.20. The Labute approximate surface area is 140 Å². The molecular formula is C19H19N3O2. The number of methoxy groups -OCH3 is 1. The Morgan fingerprint density at radius 3 is 2.79 bits per heavy atom. The molecule has 0 saturated heterocycles. The van der Waals surface area contributed by atoms with E-state index >= 15 is 0 Å². The maximum Gasteiger partial charge on any atom is 0.230 e. The number of ether oxygens (including phenoxy) is 1. The zero-order valence-corrected chi connectivity index (χ0v) is 13.7. The number of hydrogen-bond acceptors (Lipinski definition) is 3. The van der Waals surface area contributed by atoms with Gasteiger partial charge in [-0.3, -0.25) is 9.89 Å². The third-order valence-corrected chi connectivity index (χ3v) is 4.79. The molecule has 1 aliphatic rings. The normalized spacial score (nSPS) is 19.2. The zero-order chi connectivity index (χ0) is 16.7. The van der Waals surface area contributed by atoms with Crippen LogP contribution in [0.4, 0.5) is 5.69 Å².